The van der Waals surface area contributed by atoms with Crippen LogP contribution in [0.4, 0.5) is 0 Å². The van der Waals surface area contributed by atoms with Crippen LogP contribution in [0, 0.1) is 0 Å². The van der Waals surface area contributed by atoms with E-state index in [4.69, 9.17) is 23.7 Å². The zero-order valence-electron chi connectivity index (χ0n) is 18.8. The molecule has 0 amide bonds. The van der Waals surface area contributed by atoms with Crippen LogP contribution in [-0.2, 0) is 11.3 Å². The Morgan fingerprint density at radius 3 is 2.45 bits per heavy atom. The molecule has 0 N–H and O–H groups in total. The van der Waals surface area contributed by atoms with Crippen LogP contribution in [0.3, 0.4) is 0 Å². The summed E-state index contributed by atoms with van der Waals surface area (Å²) in [5.41, 5.74) is 4.68. The van der Waals surface area contributed by atoms with Crippen molar-refractivity contribution in [3.05, 3.63) is 82.9 Å². The van der Waals surface area contributed by atoms with Gasteiger partial charge < -0.3 is 23.7 Å². The molecule has 33 heavy (non-hydrogen) atoms. The van der Waals surface area contributed by atoms with Crippen molar-refractivity contribution >= 4 is 0 Å². The van der Waals surface area contributed by atoms with Crippen molar-refractivity contribution in [2.24, 2.45) is 0 Å². The van der Waals surface area contributed by atoms with Crippen molar-refractivity contribution in [1.29, 1.82) is 0 Å². The molecule has 3 aromatic carbocycles. The summed E-state index contributed by atoms with van der Waals surface area (Å²) in [4.78, 5) is 0. The van der Waals surface area contributed by atoms with Crippen LogP contribution in [0.1, 0.15) is 60.0 Å². The van der Waals surface area contributed by atoms with Gasteiger partial charge in [0.05, 0.1) is 13.2 Å². The minimum atomic E-state index is -0.175. The van der Waals surface area contributed by atoms with E-state index in [2.05, 4.69) is 30.3 Å². The molecule has 1 saturated carbocycles. The molecule has 2 heterocycles. The van der Waals surface area contributed by atoms with Crippen molar-refractivity contribution in [2.75, 3.05) is 13.9 Å². The van der Waals surface area contributed by atoms with Gasteiger partial charge in [-0.1, -0.05) is 49.2 Å². The fourth-order valence-electron chi connectivity index (χ4n) is 5.35. The summed E-state index contributed by atoms with van der Waals surface area (Å²) in [6.07, 6.45) is 4.74. The van der Waals surface area contributed by atoms with Crippen LogP contribution in [0.15, 0.2) is 60.7 Å². The van der Waals surface area contributed by atoms with Crippen molar-refractivity contribution in [1.82, 2.24) is 0 Å². The third-order valence-electron chi connectivity index (χ3n) is 7.00. The van der Waals surface area contributed by atoms with Gasteiger partial charge in [0, 0.05) is 5.92 Å². The molecule has 3 atom stereocenters. The number of ether oxygens (including phenoxy) is 5. The van der Waals surface area contributed by atoms with Crippen LogP contribution < -0.4 is 18.9 Å². The zero-order chi connectivity index (χ0) is 22.2. The number of rotatable bonds is 5. The number of hydrogen-bond donors (Lipinski definition) is 0. The Labute approximate surface area is 194 Å². The van der Waals surface area contributed by atoms with Crippen molar-refractivity contribution in [3.63, 3.8) is 0 Å². The fraction of sp³-hybridized carbons (Fsp3) is 0.357. The minimum absolute atomic E-state index is 0.175. The normalized spacial score (nSPS) is 22.9. The Morgan fingerprint density at radius 2 is 1.64 bits per heavy atom. The van der Waals surface area contributed by atoms with E-state index in [1.807, 2.05) is 30.3 Å². The maximum atomic E-state index is 6.74. The highest BCUT2D eigenvalue weighted by molar-refractivity contribution is 5.54. The Morgan fingerprint density at radius 1 is 0.848 bits per heavy atom. The molecule has 0 bridgehead atoms. The summed E-state index contributed by atoms with van der Waals surface area (Å²) in [7, 11) is 1.68. The zero-order valence-corrected chi connectivity index (χ0v) is 18.8. The summed E-state index contributed by atoms with van der Waals surface area (Å²) >= 11 is 0. The SMILES string of the molecule is COc1cc([C@H]2O[C@H]3CCCC[C@@H]3c3cc4c(cc32)OCO4)ccc1OCc1ccccc1. The Balaban J connectivity index is 1.34. The molecular weight excluding hydrogens is 416 g/mol. The van der Waals surface area contributed by atoms with Crippen LogP contribution in [-0.4, -0.2) is 20.0 Å². The first-order valence-corrected chi connectivity index (χ1v) is 11.7. The van der Waals surface area contributed by atoms with Crippen LogP contribution in [0.25, 0.3) is 0 Å². The van der Waals surface area contributed by atoms with Gasteiger partial charge in [0.1, 0.15) is 12.7 Å². The molecule has 5 nitrogen and oxygen atoms in total. The van der Waals surface area contributed by atoms with Gasteiger partial charge in [0.2, 0.25) is 6.79 Å². The summed E-state index contributed by atoms with van der Waals surface area (Å²) in [6.45, 7) is 0.770. The maximum Gasteiger partial charge on any atom is 0.231 e. The molecule has 0 spiro atoms. The Kier molecular flexibility index (Phi) is 5.35. The highest BCUT2D eigenvalue weighted by Gasteiger charge is 2.39. The summed E-state index contributed by atoms with van der Waals surface area (Å²) in [5, 5.41) is 0. The average Bonchev–Trinajstić information content (AvgIpc) is 3.34. The van der Waals surface area contributed by atoms with E-state index in [1.54, 1.807) is 7.11 Å². The molecule has 0 radical (unpaired) electrons. The smallest absolute Gasteiger partial charge is 0.231 e. The topological polar surface area (TPSA) is 46.2 Å². The predicted molar refractivity (Wildman–Crippen MR) is 124 cm³/mol. The molecule has 1 aliphatic carbocycles. The third kappa shape index (κ3) is 3.80. The van der Waals surface area contributed by atoms with E-state index >= 15 is 0 Å². The largest absolute Gasteiger partial charge is 0.493 e. The third-order valence-corrected chi connectivity index (χ3v) is 7.00. The molecule has 3 aromatic rings. The number of benzene rings is 3. The molecule has 0 saturated heterocycles. The van der Waals surface area contributed by atoms with Crippen molar-refractivity contribution in [3.8, 4) is 23.0 Å². The first-order valence-electron chi connectivity index (χ1n) is 11.7. The standard InChI is InChI=1S/C28H28O5/c1-29-25-13-19(11-12-24(25)30-16-18-7-3-2-4-8-18)28-22-15-27-26(31-17-32-27)14-21(22)20-9-5-6-10-23(20)33-28/h2-4,7-8,11-15,20,23,28H,5-6,9-10,16-17H2,1H3/t20-,23+,28-/m1/s1. The van der Waals surface area contributed by atoms with Gasteiger partial charge in [-0.3, -0.25) is 0 Å². The van der Waals surface area contributed by atoms with E-state index in [0.717, 1.165) is 41.2 Å². The lowest BCUT2D eigenvalue weighted by atomic mass is 9.76. The van der Waals surface area contributed by atoms with Gasteiger partial charge in [0.15, 0.2) is 23.0 Å². The molecule has 170 valence electrons. The molecule has 5 heteroatoms. The van der Waals surface area contributed by atoms with Crippen molar-refractivity contribution in [2.45, 2.75) is 50.4 Å². The van der Waals surface area contributed by atoms with Crippen LogP contribution in [0.2, 0.25) is 0 Å². The average molecular weight is 445 g/mol. The van der Waals surface area contributed by atoms with Gasteiger partial charge in [-0.2, -0.15) is 0 Å². The van der Waals surface area contributed by atoms with E-state index < -0.39 is 0 Å². The van der Waals surface area contributed by atoms with E-state index in [1.165, 1.54) is 24.0 Å². The first kappa shape index (κ1) is 20.4. The van der Waals surface area contributed by atoms with Crippen LogP contribution in [0.5, 0.6) is 23.0 Å². The quantitative estimate of drug-likeness (QED) is 0.472. The second-order valence-electron chi connectivity index (χ2n) is 8.96. The van der Waals surface area contributed by atoms with Gasteiger partial charge in [-0.15, -0.1) is 0 Å². The molecule has 2 aliphatic heterocycles. The summed E-state index contributed by atoms with van der Waals surface area (Å²) < 4.78 is 29.9. The van der Waals surface area contributed by atoms with Gasteiger partial charge in [0.25, 0.3) is 0 Å². The minimum Gasteiger partial charge on any atom is -0.493 e. The van der Waals surface area contributed by atoms with E-state index in [0.29, 0.717) is 18.3 Å². The van der Waals surface area contributed by atoms with Gasteiger partial charge in [-0.25, -0.2) is 0 Å². The van der Waals surface area contributed by atoms with Crippen molar-refractivity contribution < 1.29 is 23.7 Å². The molecule has 6 rings (SSSR count). The van der Waals surface area contributed by atoms with E-state index in [9.17, 15) is 0 Å². The maximum absolute atomic E-state index is 6.74. The lowest BCUT2D eigenvalue weighted by Crippen LogP contribution is -2.33. The molecular formula is C28H28O5. The van der Waals surface area contributed by atoms with Gasteiger partial charge >= 0.3 is 0 Å². The summed E-state index contributed by atoms with van der Waals surface area (Å²) in [6, 6.07) is 20.6. The monoisotopic (exact) mass is 444 g/mol. The molecule has 0 aromatic heterocycles. The Hall–Kier alpha value is -3.18. The first-order chi connectivity index (χ1) is 16.3. The molecule has 1 fully saturated rings. The summed E-state index contributed by atoms with van der Waals surface area (Å²) in [5.74, 6) is 3.49. The lowest BCUT2D eigenvalue weighted by molar-refractivity contribution is -0.0390. The number of methoxy groups -OCH3 is 1. The Bertz CT molecular complexity index is 1140. The highest BCUT2D eigenvalue weighted by atomic mass is 16.7. The van der Waals surface area contributed by atoms with Gasteiger partial charge in [-0.05, 0) is 59.4 Å². The fourth-order valence-corrected chi connectivity index (χ4v) is 5.35. The lowest BCUT2D eigenvalue weighted by Gasteiger charge is -2.41. The second-order valence-corrected chi connectivity index (χ2v) is 8.96. The predicted octanol–water partition coefficient (Wildman–Crippen LogP) is 6.15. The van der Waals surface area contributed by atoms with E-state index in [-0.39, 0.29) is 19.0 Å². The number of hydrogen-bond acceptors (Lipinski definition) is 5. The second kappa shape index (κ2) is 8.64. The molecule has 3 aliphatic rings. The molecule has 0 unspecified atom stereocenters. The number of fused-ring (bicyclic) bond motifs is 4. The van der Waals surface area contributed by atoms with Crippen LogP contribution >= 0.6 is 0 Å². The highest BCUT2D eigenvalue weighted by Crippen LogP contribution is 2.51.